The summed E-state index contributed by atoms with van der Waals surface area (Å²) in [5, 5.41) is 0.817. The van der Waals surface area contributed by atoms with E-state index in [1.54, 1.807) is 11.3 Å². The number of H-pyrrole nitrogens is 1. The van der Waals surface area contributed by atoms with E-state index in [1.807, 2.05) is 11.5 Å². The molecule has 2 unspecified atom stereocenters. The van der Waals surface area contributed by atoms with Gasteiger partial charge in [0.25, 0.3) is 5.56 Å². The van der Waals surface area contributed by atoms with Gasteiger partial charge in [-0.2, -0.15) is 0 Å². The number of aryl methyl sites for hydroxylation is 2. The second-order valence-corrected chi connectivity index (χ2v) is 7.71. The zero-order valence-electron chi connectivity index (χ0n) is 12.9. The number of aromatic nitrogens is 2. The lowest BCUT2D eigenvalue weighted by Gasteiger charge is -2.35. The Morgan fingerprint density at radius 2 is 2.10 bits per heavy atom. The largest absolute Gasteiger partial charge is 0.323 e. The van der Waals surface area contributed by atoms with Gasteiger partial charge in [-0.3, -0.25) is 9.36 Å². The summed E-state index contributed by atoms with van der Waals surface area (Å²) in [6, 6.07) is 0.683. The van der Waals surface area contributed by atoms with Crippen LogP contribution in [0.2, 0.25) is 0 Å². The van der Waals surface area contributed by atoms with Crippen molar-refractivity contribution in [3.05, 3.63) is 25.6 Å². The Morgan fingerprint density at radius 3 is 2.76 bits per heavy atom. The smallest absolute Gasteiger partial charge is 0.263 e. The average molecular weight is 323 g/mol. The second-order valence-electron chi connectivity index (χ2n) is 6.10. The van der Waals surface area contributed by atoms with Crippen LogP contribution in [0.1, 0.15) is 36.2 Å². The summed E-state index contributed by atoms with van der Waals surface area (Å²) < 4.78 is 2.39. The summed E-state index contributed by atoms with van der Waals surface area (Å²) in [7, 11) is 2.14. The summed E-state index contributed by atoms with van der Waals surface area (Å²) >= 11 is 7.09. The third-order valence-corrected chi connectivity index (χ3v) is 6.22. The van der Waals surface area contributed by atoms with Crippen LogP contribution in [-0.4, -0.2) is 34.1 Å². The monoisotopic (exact) mass is 323 g/mol. The number of fused-ring (bicyclic) bond motifs is 1. The van der Waals surface area contributed by atoms with Crippen LogP contribution < -0.4 is 5.56 Å². The van der Waals surface area contributed by atoms with Crippen molar-refractivity contribution in [2.75, 3.05) is 13.6 Å². The van der Waals surface area contributed by atoms with E-state index < -0.39 is 0 Å². The van der Waals surface area contributed by atoms with Crippen molar-refractivity contribution in [2.24, 2.45) is 0 Å². The van der Waals surface area contributed by atoms with Gasteiger partial charge in [-0.15, -0.1) is 11.3 Å². The van der Waals surface area contributed by atoms with E-state index in [9.17, 15) is 4.79 Å². The normalized spacial score (nSPS) is 23.8. The summed E-state index contributed by atoms with van der Waals surface area (Å²) in [4.78, 5) is 20.6. The molecule has 1 N–H and O–H groups in total. The highest BCUT2D eigenvalue weighted by molar-refractivity contribution is 7.71. The molecule has 21 heavy (non-hydrogen) atoms. The number of nitrogens with one attached hydrogen (secondary N) is 1. The number of piperidine rings is 1. The quantitative estimate of drug-likeness (QED) is 0.818. The maximum absolute atomic E-state index is 12.9. The number of hydrogen-bond acceptors (Lipinski definition) is 4. The van der Waals surface area contributed by atoms with Crippen molar-refractivity contribution in [1.29, 1.82) is 0 Å². The average Bonchev–Trinajstić information content (AvgIpc) is 2.69. The van der Waals surface area contributed by atoms with E-state index in [0.717, 1.165) is 35.2 Å². The van der Waals surface area contributed by atoms with Crippen LogP contribution in [0.4, 0.5) is 0 Å². The van der Waals surface area contributed by atoms with Crippen molar-refractivity contribution in [2.45, 2.75) is 45.7 Å². The Bertz CT molecular complexity index is 802. The van der Waals surface area contributed by atoms with Gasteiger partial charge in [-0.25, -0.2) is 0 Å². The van der Waals surface area contributed by atoms with Gasteiger partial charge >= 0.3 is 0 Å². The summed E-state index contributed by atoms with van der Waals surface area (Å²) in [6.45, 7) is 7.29. The highest BCUT2D eigenvalue weighted by Gasteiger charge is 2.26. The topological polar surface area (TPSA) is 41.0 Å². The molecular weight excluding hydrogens is 302 g/mol. The van der Waals surface area contributed by atoms with Crippen LogP contribution in [-0.2, 0) is 0 Å². The van der Waals surface area contributed by atoms with E-state index >= 15 is 0 Å². The Morgan fingerprint density at radius 1 is 1.38 bits per heavy atom. The molecule has 2 aromatic rings. The fourth-order valence-electron chi connectivity index (χ4n) is 3.17. The van der Waals surface area contributed by atoms with Crippen LogP contribution in [0, 0.1) is 18.6 Å². The van der Waals surface area contributed by atoms with Crippen molar-refractivity contribution in [1.82, 2.24) is 14.5 Å². The van der Waals surface area contributed by atoms with E-state index in [4.69, 9.17) is 12.2 Å². The highest BCUT2D eigenvalue weighted by Crippen LogP contribution is 2.29. The van der Waals surface area contributed by atoms with E-state index in [-0.39, 0.29) is 11.6 Å². The Balaban J connectivity index is 2.17. The molecule has 6 heteroatoms. The minimum atomic E-state index is 0.0809. The number of thiophene rings is 1. The molecule has 1 aliphatic heterocycles. The lowest BCUT2D eigenvalue weighted by Crippen LogP contribution is -2.41. The van der Waals surface area contributed by atoms with Crippen LogP contribution >= 0.6 is 23.6 Å². The molecule has 0 amide bonds. The standard InChI is InChI=1S/C15H21N3OS2/c1-8-7-11(5-6-17(8)4)18-14(19)12-9(2)10(3)21-13(12)16-15(18)20/h8,11H,5-7H2,1-4H3,(H,16,20). The lowest BCUT2D eigenvalue weighted by atomic mass is 9.98. The molecule has 114 valence electrons. The lowest BCUT2D eigenvalue weighted by molar-refractivity contribution is 0.154. The van der Waals surface area contributed by atoms with Gasteiger partial charge in [0, 0.05) is 23.5 Å². The fraction of sp³-hybridized carbons (Fsp3) is 0.600. The van der Waals surface area contributed by atoms with Gasteiger partial charge in [0.05, 0.1) is 5.39 Å². The van der Waals surface area contributed by atoms with Crippen molar-refractivity contribution in [3.63, 3.8) is 0 Å². The third-order valence-electron chi connectivity index (χ3n) is 4.80. The molecule has 0 aromatic carbocycles. The summed E-state index contributed by atoms with van der Waals surface area (Å²) in [5.74, 6) is 0. The molecule has 0 radical (unpaired) electrons. The van der Waals surface area contributed by atoms with Gasteiger partial charge in [-0.05, 0) is 58.4 Å². The molecule has 3 rings (SSSR count). The fourth-order valence-corrected chi connectivity index (χ4v) is 4.62. The molecule has 1 aliphatic rings. The van der Waals surface area contributed by atoms with Crippen LogP contribution in [0.5, 0.6) is 0 Å². The predicted octanol–water partition coefficient (Wildman–Crippen LogP) is 3.39. The first kappa shape index (κ1) is 14.9. The molecule has 1 fully saturated rings. The number of aromatic amines is 1. The second kappa shape index (κ2) is 5.34. The Kier molecular flexibility index (Phi) is 3.80. The van der Waals surface area contributed by atoms with Gasteiger partial charge < -0.3 is 9.88 Å². The molecule has 1 saturated heterocycles. The number of hydrogen-bond donors (Lipinski definition) is 1. The summed E-state index contributed by atoms with van der Waals surface area (Å²) in [6.07, 6.45) is 1.95. The van der Waals surface area contributed by atoms with E-state index in [0.29, 0.717) is 10.8 Å². The van der Waals surface area contributed by atoms with Gasteiger partial charge in [0.1, 0.15) is 4.83 Å². The number of rotatable bonds is 1. The first-order chi connectivity index (χ1) is 9.90. The molecule has 0 aliphatic carbocycles. The maximum Gasteiger partial charge on any atom is 0.263 e. The first-order valence-corrected chi connectivity index (χ1v) is 8.57. The number of likely N-dealkylation sites (tertiary alicyclic amines) is 1. The highest BCUT2D eigenvalue weighted by atomic mass is 32.1. The van der Waals surface area contributed by atoms with Gasteiger partial charge in [-0.1, -0.05) is 0 Å². The molecule has 4 nitrogen and oxygen atoms in total. The predicted molar refractivity (Wildman–Crippen MR) is 91.1 cm³/mol. The van der Waals surface area contributed by atoms with E-state index in [2.05, 4.69) is 30.8 Å². The SMILES string of the molecule is Cc1sc2[nH]c(=S)n(C3CCN(C)C(C)C3)c(=O)c2c1C. The zero-order valence-corrected chi connectivity index (χ0v) is 14.5. The minimum Gasteiger partial charge on any atom is -0.323 e. The molecule has 2 atom stereocenters. The Labute approximate surface area is 133 Å². The van der Waals surface area contributed by atoms with Crippen molar-refractivity contribution in [3.8, 4) is 0 Å². The number of nitrogens with zero attached hydrogens (tertiary/aromatic N) is 2. The molecule has 0 spiro atoms. The summed E-state index contributed by atoms with van der Waals surface area (Å²) in [5.41, 5.74) is 1.17. The van der Waals surface area contributed by atoms with Crippen molar-refractivity contribution < 1.29 is 0 Å². The van der Waals surface area contributed by atoms with Crippen LogP contribution in [0.3, 0.4) is 0 Å². The zero-order chi connectivity index (χ0) is 15.3. The first-order valence-electron chi connectivity index (χ1n) is 7.35. The molecule has 3 heterocycles. The Hall–Kier alpha value is -0.980. The molecule has 0 bridgehead atoms. The maximum atomic E-state index is 12.9. The molecule has 0 saturated carbocycles. The molecular formula is C15H21N3OS2. The van der Waals surface area contributed by atoms with Crippen LogP contribution in [0.25, 0.3) is 10.2 Å². The molecule has 2 aromatic heterocycles. The minimum absolute atomic E-state index is 0.0809. The van der Waals surface area contributed by atoms with E-state index in [1.165, 1.54) is 4.88 Å². The van der Waals surface area contributed by atoms with Crippen molar-refractivity contribution >= 4 is 33.8 Å². The van der Waals surface area contributed by atoms with Gasteiger partial charge in [0.15, 0.2) is 4.77 Å². The van der Waals surface area contributed by atoms with Gasteiger partial charge in [0.2, 0.25) is 0 Å². The third kappa shape index (κ3) is 2.39. The van der Waals surface area contributed by atoms with Crippen LogP contribution in [0.15, 0.2) is 4.79 Å².